The number of nitrogens with zero attached hydrogens (tertiary/aromatic N) is 4. The number of nitrogens with one attached hydrogen (secondary N) is 2. The number of hydrogen-bond donors (Lipinski definition) is 3. The minimum atomic E-state index is -0.171. The predicted octanol–water partition coefficient (Wildman–Crippen LogP) is 3.73. The van der Waals surface area contributed by atoms with Crippen molar-refractivity contribution in [1.29, 1.82) is 0 Å². The van der Waals surface area contributed by atoms with E-state index in [1.807, 2.05) is 68.7 Å². The average molecular weight is 590 g/mol. The Hall–Kier alpha value is -4.37. The van der Waals surface area contributed by atoms with E-state index in [-0.39, 0.29) is 11.9 Å². The fourth-order valence-electron chi connectivity index (χ4n) is 5.67. The van der Waals surface area contributed by atoms with Crippen LogP contribution in [0, 0.1) is 0 Å². The first kappa shape index (κ1) is 31.1. The quantitative estimate of drug-likeness (QED) is 0.171. The number of carbonyl (C=O) groups is 1. The molecule has 0 spiro atoms. The van der Waals surface area contributed by atoms with Gasteiger partial charge < -0.3 is 20.5 Å². The maximum absolute atomic E-state index is 14.2. The molecule has 8 nitrogen and oxygen atoms in total. The van der Waals surface area contributed by atoms with Crippen molar-refractivity contribution < 1.29 is 4.79 Å². The summed E-state index contributed by atoms with van der Waals surface area (Å²) < 4.78 is 0. The van der Waals surface area contributed by atoms with Crippen molar-refractivity contribution in [2.45, 2.75) is 45.3 Å². The van der Waals surface area contributed by atoms with Crippen LogP contribution < -0.4 is 27.0 Å². The van der Waals surface area contributed by atoms with E-state index in [9.17, 15) is 4.79 Å². The van der Waals surface area contributed by atoms with Crippen molar-refractivity contribution in [3.8, 4) is 11.3 Å². The van der Waals surface area contributed by atoms with Crippen LogP contribution in [0.5, 0.6) is 0 Å². The van der Waals surface area contributed by atoms with Gasteiger partial charge in [0.1, 0.15) is 0 Å². The molecule has 0 aliphatic heterocycles. The normalized spacial score (nSPS) is 13.5. The van der Waals surface area contributed by atoms with E-state index < -0.39 is 0 Å². The minimum absolute atomic E-state index is 0.146. The van der Waals surface area contributed by atoms with Gasteiger partial charge in [-0.05, 0) is 75.2 Å². The first-order valence-electron chi connectivity index (χ1n) is 15.4. The van der Waals surface area contributed by atoms with Gasteiger partial charge in [-0.15, -0.1) is 0 Å². The van der Waals surface area contributed by atoms with Crippen LogP contribution in [-0.2, 0) is 13.1 Å². The fraction of sp³-hybridized carbons (Fsp3) is 0.306. The minimum Gasteiger partial charge on any atom is -0.345 e. The Bertz CT molecular complexity index is 1670. The highest BCUT2D eigenvalue weighted by Gasteiger charge is 2.21. The van der Waals surface area contributed by atoms with E-state index in [1.165, 1.54) is 5.56 Å². The second-order valence-corrected chi connectivity index (χ2v) is 11.5. The van der Waals surface area contributed by atoms with E-state index in [1.54, 1.807) is 11.2 Å². The standard InChI is InChI=1S/C36H43N7O/c1-26(29-13-5-4-6-14-29)40-36(44)31-22-33(30-15-9-11-27(21-30)24-42(3)20-19-38-2)41-32-16-7-8-17-34(35(31)32)43(37)25-28-12-10-18-39-23-28/h4-6,9-16,18,21-23,26,38H,7-8,17,19-20,24-25,37H2,1-3H3,(H,40,44)/t26-/m0/s1. The van der Waals surface area contributed by atoms with E-state index >= 15 is 0 Å². The topological polar surface area (TPSA) is 99.4 Å². The van der Waals surface area contributed by atoms with Crippen molar-refractivity contribution >= 4 is 17.7 Å². The second-order valence-electron chi connectivity index (χ2n) is 11.5. The summed E-state index contributed by atoms with van der Waals surface area (Å²) in [5.74, 6) is 6.62. The molecular formula is C36H43N7O. The first-order valence-corrected chi connectivity index (χ1v) is 15.4. The van der Waals surface area contributed by atoms with Crippen molar-refractivity contribution in [2.75, 3.05) is 27.2 Å². The Morgan fingerprint density at radius 3 is 2.61 bits per heavy atom. The lowest BCUT2D eigenvalue weighted by atomic mass is 10.0. The Kier molecular flexibility index (Phi) is 10.5. The molecule has 4 aromatic rings. The van der Waals surface area contributed by atoms with Crippen LogP contribution in [0.4, 0.5) is 0 Å². The lowest BCUT2D eigenvalue weighted by Crippen LogP contribution is -2.44. The Morgan fingerprint density at radius 1 is 1.02 bits per heavy atom. The second kappa shape index (κ2) is 14.9. The Labute approximate surface area is 260 Å². The molecule has 4 N–H and O–H groups in total. The molecule has 2 aromatic heterocycles. The van der Waals surface area contributed by atoms with E-state index in [2.05, 4.69) is 57.9 Å². The molecule has 0 bridgehead atoms. The molecule has 1 amide bonds. The number of aromatic nitrogens is 2. The zero-order valence-electron chi connectivity index (χ0n) is 26.0. The van der Waals surface area contributed by atoms with Gasteiger partial charge in [0.25, 0.3) is 5.91 Å². The third-order valence-electron chi connectivity index (χ3n) is 8.02. The maximum atomic E-state index is 14.2. The average Bonchev–Trinajstić information content (AvgIpc) is 3.27. The largest absolute Gasteiger partial charge is 0.345 e. The summed E-state index contributed by atoms with van der Waals surface area (Å²) in [4.78, 5) is 25.9. The summed E-state index contributed by atoms with van der Waals surface area (Å²) in [6, 6.07) is 24.2. The monoisotopic (exact) mass is 589 g/mol. The fourth-order valence-corrected chi connectivity index (χ4v) is 5.67. The highest BCUT2D eigenvalue weighted by Crippen LogP contribution is 2.21. The molecule has 0 saturated carbocycles. The van der Waals surface area contributed by atoms with Crippen molar-refractivity contribution in [3.63, 3.8) is 0 Å². The van der Waals surface area contributed by atoms with E-state index in [0.717, 1.165) is 77.5 Å². The SMILES string of the molecule is CNCCN(C)Cc1cccc(-c2cc(C(=O)N[C@@H](C)c3ccccc3)c3c(n2)=CCCCC=3N(N)Cc2cccnc2)c1. The number of nitrogens with two attached hydrogens (primary N) is 1. The molecule has 0 fully saturated rings. The molecule has 0 saturated heterocycles. The van der Waals surface area contributed by atoms with Gasteiger partial charge in [-0.3, -0.25) is 9.78 Å². The van der Waals surface area contributed by atoms with Crippen LogP contribution in [-0.4, -0.2) is 53.0 Å². The summed E-state index contributed by atoms with van der Waals surface area (Å²) in [6.45, 7) is 5.19. The van der Waals surface area contributed by atoms with Gasteiger partial charge in [-0.2, -0.15) is 0 Å². The molecule has 5 rings (SSSR count). The third-order valence-corrected chi connectivity index (χ3v) is 8.02. The summed E-state index contributed by atoms with van der Waals surface area (Å²) in [5.41, 5.74) is 6.49. The van der Waals surface area contributed by atoms with Gasteiger partial charge in [-0.1, -0.05) is 60.7 Å². The molecule has 1 aliphatic rings. The summed E-state index contributed by atoms with van der Waals surface area (Å²) in [5, 5.41) is 9.82. The van der Waals surface area contributed by atoms with Crippen LogP contribution in [0.1, 0.15) is 59.3 Å². The van der Waals surface area contributed by atoms with Gasteiger partial charge in [0.15, 0.2) is 0 Å². The van der Waals surface area contributed by atoms with E-state index in [4.69, 9.17) is 10.8 Å². The molecule has 1 aliphatic carbocycles. The van der Waals surface area contributed by atoms with Crippen LogP contribution in [0.25, 0.3) is 23.0 Å². The van der Waals surface area contributed by atoms with Crippen LogP contribution in [0.3, 0.4) is 0 Å². The molecule has 228 valence electrons. The zero-order chi connectivity index (χ0) is 30.9. The highest BCUT2D eigenvalue weighted by molar-refractivity contribution is 5.96. The zero-order valence-corrected chi connectivity index (χ0v) is 26.0. The van der Waals surface area contributed by atoms with Gasteiger partial charge >= 0.3 is 0 Å². The summed E-state index contributed by atoms with van der Waals surface area (Å²) >= 11 is 0. The Morgan fingerprint density at radius 2 is 1.84 bits per heavy atom. The molecule has 2 heterocycles. The van der Waals surface area contributed by atoms with Gasteiger partial charge in [0.05, 0.1) is 29.2 Å². The van der Waals surface area contributed by atoms with E-state index in [0.29, 0.717) is 12.1 Å². The number of hydrazine groups is 1. The first-order chi connectivity index (χ1) is 21.4. The number of fused-ring (bicyclic) bond motifs is 1. The highest BCUT2D eigenvalue weighted by atomic mass is 16.1. The van der Waals surface area contributed by atoms with Crippen molar-refractivity contribution in [2.24, 2.45) is 5.84 Å². The number of amides is 1. The number of benzene rings is 2. The summed E-state index contributed by atoms with van der Waals surface area (Å²) in [6.07, 6.45) is 8.23. The van der Waals surface area contributed by atoms with Crippen LogP contribution in [0.15, 0.2) is 85.2 Å². The predicted molar refractivity (Wildman–Crippen MR) is 177 cm³/mol. The number of pyridine rings is 2. The molecule has 8 heteroatoms. The number of carbonyl (C=O) groups excluding carboxylic acids is 1. The molecular weight excluding hydrogens is 546 g/mol. The van der Waals surface area contributed by atoms with Crippen molar-refractivity contribution in [1.82, 2.24) is 30.5 Å². The molecule has 0 unspecified atom stereocenters. The lowest BCUT2D eigenvalue weighted by Gasteiger charge is -2.23. The van der Waals surface area contributed by atoms with Crippen LogP contribution in [0.2, 0.25) is 0 Å². The molecule has 0 radical (unpaired) electrons. The Balaban J connectivity index is 1.60. The lowest BCUT2D eigenvalue weighted by molar-refractivity contribution is 0.0938. The molecule has 2 aromatic carbocycles. The number of hydrogen-bond acceptors (Lipinski definition) is 7. The van der Waals surface area contributed by atoms with Gasteiger partial charge in [0, 0.05) is 48.5 Å². The van der Waals surface area contributed by atoms with Crippen molar-refractivity contribution in [3.05, 3.63) is 118 Å². The maximum Gasteiger partial charge on any atom is 0.252 e. The molecule has 1 atom stereocenters. The van der Waals surface area contributed by atoms with Crippen LogP contribution >= 0.6 is 0 Å². The number of likely N-dealkylation sites (N-methyl/N-ethyl adjacent to an activating group) is 2. The summed E-state index contributed by atoms with van der Waals surface area (Å²) in [7, 11) is 4.09. The third kappa shape index (κ3) is 7.77. The smallest absolute Gasteiger partial charge is 0.252 e. The van der Waals surface area contributed by atoms with Gasteiger partial charge in [0.2, 0.25) is 0 Å². The molecule has 44 heavy (non-hydrogen) atoms. The van der Waals surface area contributed by atoms with Gasteiger partial charge in [-0.25, -0.2) is 10.8 Å². The number of rotatable bonds is 12.